The molecule has 4 atom stereocenters. The van der Waals surface area contributed by atoms with Crippen molar-refractivity contribution in [1.82, 2.24) is 21.3 Å². The fourth-order valence-corrected chi connectivity index (χ4v) is 13.6. The van der Waals surface area contributed by atoms with Gasteiger partial charge >= 0.3 is 12.2 Å². The van der Waals surface area contributed by atoms with Crippen molar-refractivity contribution < 1.29 is 28.7 Å². The zero-order chi connectivity index (χ0) is 49.7. The second-order valence-corrected chi connectivity index (χ2v) is 26.4. The molecule has 10 nitrogen and oxygen atoms in total. The number of ether oxygens (including phenoxy) is 2. The summed E-state index contributed by atoms with van der Waals surface area (Å²) in [6, 6.07) is 32.4. The molecule has 69 heavy (non-hydrogen) atoms. The van der Waals surface area contributed by atoms with E-state index in [0.717, 1.165) is 61.5 Å². The molecule has 0 spiro atoms. The van der Waals surface area contributed by atoms with Gasteiger partial charge in [0.25, 0.3) is 10.5 Å². The van der Waals surface area contributed by atoms with E-state index in [9.17, 15) is 19.2 Å². The number of thioether (sulfide) groups is 3. The Labute approximate surface area is 436 Å². The van der Waals surface area contributed by atoms with Gasteiger partial charge in [0.15, 0.2) is 0 Å². The van der Waals surface area contributed by atoms with Crippen molar-refractivity contribution in [2.45, 2.75) is 144 Å². The van der Waals surface area contributed by atoms with Gasteiger partial charge in [0.05, 0.1) is 13.2 Å². The zero-order valence-corrected chi connectivity index (χ0v) is 45.8. The van der Waals surface area contributed by atoms with E-state index in [0.29, 0.717) is 32.4 Å². The molecule has 2 aliphatic carbocycles. The van der Waals surface area contributed by atoms with Gasteiger partial charge in [-0.3, -0.25) is 9.59 Å². The van der Waals surface area contributed by atoms with Crippen molar-refractivity contribution in [3.8, 4) is 0 Å². The second kappa shape index (κ2) is 25.2. The molecule has 4 unspecified atom stereocenters. The average molecular weight is 1050 g/mol. The number of benzene rings is 4. The summed E-state index contributed by atoms with van der Waals surface area (Å²) < 4.78 is 11.1. The first-order valence-corrected chi connectivity index (χ1v) is 28.4. The van der Waals surface area contributed by atoms with Crippen LogP contribution in [0.25, 0.3) is 0 Å². The molecule has 2 fully saturated rings. The van der Waals surface area contributed by atoms with Crippen molar-refractivity contribution in [3.63, 3.8) is 0 Å². The minimum Gasteiger partial charge on any atom is -0.450 e. The molecule has 2 aliphatic rings. The Morgan fingerprint density at radius 1 is 0.522 bits per heavy atom. The van der Waals surface area contributed by atoms with Gasteiger partial charge in [0.1, 0.15) is 0 Å². The van der Waals surface area contributed by atoms with Crippen LogP contribution in [0.3, 0.4) is 0 Å². The lowest BCUT2D eigenvalue weighted by Crippen LogP contribution is -2.50. The van der Waals surface area contributed by atoms with Crippen LogP contribution in [0.2, 0.25) is 0 Å². The van der Waals surface area contributed by atoms with E-state index in [1.54, 1.807) is 35.3 Å². The predicted molar refractivity (Wildman–Crippen MR) is 289 cm³/mol. The number of thiol groups is 1. The van der Waals surface area contributed by atoms with E-state index in [2.05, 4.69) is 106 Å². The summed E-state index contributed by atoms with van der Waals surface area (Å²) in [5, 5.41) is 12.2. The van der Waals surface area contributed by atoms with E-state index in [-0.39, 0.29) is 57.4 Å². The lowest BCUT2D eigenvalue weighted by Gasteiger charge is -2.46. The van der Waals surface area contributed by atoms with Crippen LogP contribution in [0.15, 0.2) is 136 Å². The van der Waals surface area contributed by atoms with Crippen LogP contribution < -0.4 is 21.3 Å². The smallest absolute Gasteiger partial charge is 0.407 e. The van der Waals surface area contributed by atoms with Gasteiger partial charge in [0, 0.05) is 64.3 Å². The second-order valence-electron chi connectivity index (χ2n) is 20.6. The van der Waals surface area contributed by atoms with Gasteiger partial charge in [-0.1, -0.05) is 65.1 Å². The summed E-state index contributed by atoms with van der Waals surface area (Å²) in [4.78, 5) is 60.4. The molecule has 0 heterocycles. The highest BCUT2D eigenvalue weighted by molar-refractivity contribution is 8.13. The van der Waals surface area contributed by atoms with E-state index < -0.39 is 12.2 Å². The van der Waals surface area contributed by atoms with Gasteiger partial charge in [-0.25, -0.2) is 9.59 Å². The molecule has 0 bridgehead atoms. The fourth-order valence-electron chi connectivity index (χ4n) is 10.1. The molecule has 4 aromatic rings. The number of unbranched alkanes of at least 4 members (excludes halogenated alkanes) is 1. The first-order chi connectivity index (χ1) is 32.7. The lowest BCUT2D eigenvalue weighted by atomic mass is 9.62. The maximum absolute atomic E-state index is 13.1. The SMILES string of the molecule is CSc1ccc(Sc2ccc(SC(=O)NCC3(C)CC(NC(=O)OCCCCOC(=O)NC4CC(C)(C)CC(C)(CNC(=O)Sc5ccc(Sc6ccc(S)cc6)cc5)C4)CC(C)(C)C3)cc2)cc1. The van der Waals surface area contributed by atoms with Crippen LogP contribution in [0, 0.1) is 21.7 Å². The topological polar surface area (TPSA) is 135 Å². The highest BCUT2D eigenvalue weighted by Crippen LogP contribution is 2.47. The fraction of sp³-hybridized carbons (Fsp3) is 0.472. The third kappa shape index (κ3) is 18.9. The molecule has 0 aliphatic heterocycles. The standard InChI is InChI=1S/C53H68N4O6S6/c1-50(2)28-36(30-52(5,32-50)34-54-48(60)68-44-22-18-42(19-23-44)66-40-12-10-38(64)11-13-40)56-46(58)62-26-8-9-27-63-47(59)57-37-29-51(3,4)33-53(6,31-37)35-55-49(61)69-45-24-20-43(21-25-45)67-41-16-14-39(65-7)15-17-41/h10-25,36-37,64H,8-9,26-35H2,1-7H3,(H,54,60)(H,55,61)(H,56,58)(H,57,59). The third-order valence-corrected chi connectivity index (χ3v) is 17.0. The predicted octanol–water partition coefficient (Wildman–Crippen LogP) is 14.7. The molecule has 0 saturated heterocycles. The Bertz CT molecular complexity index is 2330. The zero-order valence-electron chi connectivity index (χ0n) is 40.8. The molecule has 16 heteroatoms. The number of hydrogen-bond donors (Lipinski definition) is 5. The summed E-state index contributed by atoms with van der Waals surface area (Å²) in [6.45, 7) is 14.6. The lowest BCUT2D eigenvalue weighted by molar-refractivity contribution is 0.0641. The van der Waals surface area contributed by atoms with Crippen molar-refractivity contribution >= 4 is 94.1 Å². The molecule has 0 radical (unpaired) electrons. The van der Waals surface area contributed by atoms with E-state index in [1.807, 2.05) is 72.8 Å². The van der Waals surface area contributed by atoms with Crippen molar-refractivity contribution in [3.05, 3.63) is 97.1 Å². The van der Waals surface area contributed by atoms with Crippen LogP contribution in [0.4, 0.5) is 19.2 Å². The summed E-state index contributed by atoms with van der Waals surface area (Å²) >= 11 is 11.8. The molecule has 6 rings (SSSR count). The number of nitrogens with one attached hydrogen (secondary N) is 4. The van der Waals surface area contributed by atoms with Crippen LogP contribution in [0.5, 0.6) is 0 Å². The highest BCUT2D eigenvalue weighted by atomic mass is 32.2. The van der Waals surface area contributed by atoms with Crippen LogP contribution in [-0.2, 0) is 9.47 Å². The van der Waals surface area contributed by atoms with E-state index >= 15 is 0 Å². The largest absolute Gasteiger partial charge is 0.450 e. The minimum atomic E-state index is -0.464. The number of rotatable bonds is 18. The van der Waals surface area contributed by atoms with Gasteiger partial charge in [-0.15, -0.1) is 24.4 Å². The Morgan fingerprint density at radius 3 is 1.22 bits per heavy atom. The van der Waals surface area contributed by atoms with Gasteiger partial charge in [0.2, 0.25) is 0 Å². The molecule has 4 N–H and O–H groups in total. The van der Waals surface area contributed by atoms with E-state index in [1.165, 1.54) is 33.3 Å². The molecular weight excluding hydrogens is 981 g/mol. The Kier molecular flexibility index (Phi) is 20.0. The maximum atomic E-state index is 13.1. The minimum absolute atomic E-state index is 0.0418. The van der Waals surface area contributed by atoms with Gasteiger partial charge in [-0.2, -0.15) is 0 Å². The van der Waals surface area contributed by atoms with E-state index in [4.69, 9.17) is 9.47 Å². The maximum Gasteiger partial charge on any atom is 0.407 e. The molecule has 2 saturated carbocycles. The summed E-state index contributed by atoms with van der Waals surface area (Å²) in [5.74, 6) is 0. The molecule has 4 amide bonds. The highest BCUT2D eigenvalue weighted by Gasteiger charge is 2.43. The number of amides is 4. The first-order valence-electron chi connectivity index (χ1n) is 23.5. The Morgan fingerprint density at radius 2 is 0.855 bits per heavy atom. The summed E-state index contributed by atoms with van der Waals surface area (Å²) in [5.41, 5.74) is -0.512. The number of hydrogen-bond acceptors (Lipinski definition) is 12. The monoisotopic (exact) mass is 1050 g/mol. The number of carbonyl (C=O) groups is 4. The van der Waals surface area contributed by atoms with Gasteiger partial charge < -0.3 is 30.7 Å². The normalized spacial score (nSPS) is 21.6. The average Bonchev–Trinajstić information content (AvgIpc) is 3.27. The first kappa shape index (κ1) is 54.8. The van der Waals surface area contributed by atoms with Crippen LogP contribution >= 0.6 is 71.4 Å². The molecule has 372 valence electrons. The van der Waals surface area contributed by atoms with Gasteiger partial charge in [-0.05, 0) is 200 Å². The van der Waals surface area contributed by atoms with Crippen molar-refractivity contribution in [2.75, 3.05) is 32.6 Å². The Balaban J connectivity index is 0.843. The van der Waals surface area contributed by atoms with Crippen LogP contribution in [0.1, 0.15) is 92.9 Å². The summed E-state index contributed by atoms with van der Waals surface area (Å²) in [6.07, 6.45) is 7.11. The number of alkyl carbamates (subject to hydrolysis) is 2. The molecule has 0 aromatic heterocycles. The summed E-state index contributed by atoms with van der Waals surface area (Å²) in [7, 11) is 0. The van der Waals surface area contributed by atoms with Crippen molar-refractivity contribution in [1.29, 1.82) is 0 Å². The van der Waals surface area contributed by atoms with Crippen LogP contribution in [-0.4, -0.2) is 67.3 Å². The Hall–Kier alpha value is -3.54. The molecular formula is C53H68N4O6S6. The quantitative estimate of drug-likeness (QED) is 0.0370. The van der Waals surface area contributed by atoms with Crippen molar-refractivity contribution in [2.24, 2.45) is 21.7 Å². The third-order valence-electron chi connectivity index (χ3n) is 12.3. The molecule has 4 aromatic carbocycles. The number of carbonyl (C=O) groups excluding carboxylic acids is 4.